The number of benzene rings is 1. The Kier molecular flexibility index (Phi) is 4.92. The molecule has 0 aliphatic rings. The van der Waals surface area contributed by atoms with Gasteiger partial charge in [0.15, 0.2) is 0 Å². The number of carboxylic acids is 1. The first kappa shape index (κ1) is 17.5. The van der Waals surface area contributed by atoms with Crippen LogP contribution in [0.15, 0.2) is 36.5 Å². The third kappa shape index (κ3) is 4.13. The topological polar surface area (TPSA) is 93.5 Å². The summed E-state index contributed by atoms with van der Waals surface area (Å²) in [5, 5.41) is 16.2. The molecule has 128 valence electrons. The molecule has 1 amide bonds. The van der Waals surface area contributed by atoms with Gasteiger partial charge < -0.3 is 15.2 Å². The Morgan fingerprint density at radius 3 is 2.42 bits per heavy atom. The number of amides is 1. The largest absolute Gasteiger partial charge is 0.478 e. The van der Waals surface area contributed by atoms with Gasteiger partial charge in [-0.2, -0.15) is 5.10 Å². The highest BCUT2D eigenvalue weighted by molar-refractivity contribution is 5.89. The van der Waals surface area contributed by atoms with Gasteiger partial charge in [-0.15, -0.1) is 0 Å². The summed E-state index contributed by atoms with van der Waals surface area (Å²) in [5.41, 5.74) is 0.476. The van der Waals surface area contributed by atoms with Gasteiger partial charge in [0.25, 0.3) is 0 Å². The van der Waals surface area contributed by atoms with Crippen LogP contribution in [0.3, 0.4) is 0 Å². The maximum Gasteiger partial charge on any atom is 0.408 e. The van der Waals surface area contributed by atoms with Crippen molar-refractivity contribution >= 4 is 12.1 Å². The third-order valence-corrected chi connectivity index (χ3v) is 3.28. The fraction of sp³-hybridized carbons (Fsp3) is 0.353. The average molecular weight is 331 g/mol. The highest BCUT2D eigenvalue weighted by Crippen LogP contribution is 2.25. The van der Waals surface area contributed by atoms with E-state index >= 15 is 0 Å². The van der Waals surface area contributed by atoms with Gasteiger partial charge in [0.2, 0.25) is 0 Å². The number of hydrogen-bond donors (Lipinski definition) is 2. The zero-order chi connectivity index (χ0) is 17.9. The molecular formula is C17H21N3O4. The fourth-order valence-corrected chi connectivity index (χ4v) is 2.33. The van der Waals surface area contributed by atoms with Gasteiger partial charge in [-0.05, 0) is 26.3 Å². The summed E-state index contributed by atoms with van der Waals surface area (Å²) in [6, 6.07) is 8.39. The Morgan fingerprint density at radius 1 is 1.25 bits per heavy atom. The van der Waals surface area contributed by atoms with Gasteiger partial charge in [0, 0.05) is 7.05 Å². The first-order chi connectivity index (χ1) is 11.2. The lowest BCUT2D eigenvalue weighted by Crippen LogP contribution is -2.36. The van der Waals surface area contributed by atoms with Crippen molar-refractivity contribution in [2.45, 2.75) is 32.4 Å². The molecule has 0 aliphatic carbocycles. The molecule has 1 unspecified atom stereocenters. The number of ether oxygens (including phenoxy) is 1. The van der Waals surface area contributed by atoms with Crippen molar-refractivity contribution in [3.63, 3.8) is 0 Å². The van der Waals surface area contributed by atoms with Gasteiger partial charge in [-0.1, -0.05) is 30.3 Å². The second-order valence-corrected chi connectivity index (χ2v) is 6.36. The number of rotatable bonds is 4. The number of hydrogen-bond acceptors (Lipinski definition) is 4. The zero-order valence-corrected chi connectivity index (χ0v) is 14.1. The van der Waals surface area contributed by atoms with E-state index in [1.165, 1.54) is 10.9 Å². The van der Waals surface area contributed by atoms with Gasteiger partial charge in [0.1, 0.15) is 17.2 Å². The SMILES string of the molecule is Cn1ncc(C(=O)O)c1C(NC(=O)OC(C)(C)C)c1ccccc1. The second kappa shape index (κ2) is 6.74. The molecule has 7 nitrogen and oxygen atoms in total. The number of nitrogens with one attached hydrogen (secondary N) is 1. The minimum Gasteiger partial charge on any atom is -0.478 e. The number of nitrogens with zero attached hydrogens (tertiary/aromatic N) is 2. The van der Waals surface area contributed by atoms with E-state index in [0.717, 1.165) is 5.56 Å². The van der Waals surface area contributed by atoms with Crippen LogP contribution in [-0.2, 0) is 11.8 Å². The summed E-state index contributed by atoms with van der Waals surface area (Å²) in [4.78, 5) is 23.7. The van der Waals surface area contributed by atoms with E-state index in [-0.39, 0.29) is 5.56 Å². The van der Waals surface area contributed by atoms with Crippen LogP contribution in [0.1, 0.15) is 48.4 Å². The lowest BCUT2D eigenvalue weighted by Gasteiger charge is -2.24. The summed E-state index contributed by atoms with van der Waals surface area (Å²) in [5.74, 6) is -1.11. The molecule has 0 spiro atoms. The van der Waals surface area contributed by atoms with Crippen LogP contribution >= 0.6 is 0 Å². The minimum atomic E-state index is -1.11. The number of alkyl carbamates (subject to hydrolysis) is 1. The molecular weight excluding hydrogens is 310 g/mol. The number of aromatic carboxylic acids is 1. The lowest BCUT2D eigenvalue weighted by atomic mass is 10.0. The van der Waals surface area contributed by atoms with Crippen LogP contribution in [-0.4, -0.2) is 32.6 Å². The molecule has 0 saturated carbocycles. The van der Waals surface area contributed by atoms with Crippen molar-refractivity contribution in [2.75, 3.05) is 0 Å². The summed E-state index contributed by atoms with van der Waals surface area (Å²) >= 11 is 0. The van der Waals surface area contributed by atoms with Crippen molar-refractivity contribution in [3.05, 3.63) is 53.3 Å². The fourth-order valence-electron chi connectivity index (χ4n) is 2.33. The molecule has 1 aromatic heterocycles. The highest BCUT2D eigenvalue weighted by Gasteiger charge is 2.28. The predicted molar refractivity (Wildman–Crippen MR) is 87.8 cm³/mol. The van der Waals surface area contributed by atoms with Crippen LogP contribution < -0.4 is 5.32 Å². The van der Waals surface area contributed by atoms with Gasteiger partial charge in [0.05, 0.1) is 11.9 Å². The third-order valence-electron chi connectivity index (χ3n) is 3.28. The monoisotopic (exact) mass is 331 g/mol. The Labute approximate surface area is 140 Å². The Hall–Kier alpha value is -2.83. The first-order valence-corrected chi connectivity index (χ1v) is 7.48. The Bertz CT molecular complexity index is 732. The van der Waals surface area contributed by atoms with E-state index in [9.17, 15) is 14.7 Å². The quantitative estimate of drug-likeness (QED) is 0.898. The molecule has 0 saturated heterocycles. The molecule has 1 heterocycles. The van der Waals surface area contributed by atoms with E-state index in [4.69, 9.17) is 4.74 Å². The van der Waals surface area contributed by atoms with Crippen LogP contribution in [0.2, 0.25) is 0 Å². The first-order valence-electron chi connectivity index (χ1n) is 7.48. The van der Waals surface area contributed by atoms with Crippen molar-refractivity contribution < 1.29 is 19.4 Å². The van der Waals surface area contributed by atoms with E-state index in [1.54, 1.807) is 40.0 Å². The van der Waals surface area contributed by atoms with Crippen molar-refractivity contribution in [1.29, 1.82) is 0 Å². The number of carboxylic acid groups (broad SMARTS) is 1. The Morgan fingerprint density at radius 2 is 1.88 bits per heavy atom. The maximum atomic E-state index is 12.2. The molecule has 7 heteroatoms. The molecule has 0 aliphatic heterocycles. The van der Waals surface area contributed by atoms with Gasteiger partial charge in [-0.25, -0.2) is 9.59 Å². The summed E-state index contributed by atoms with van der Waals surface area (Å²) in [7, 11) is 1.63. The standard InChI is InChI=1S/C17H21N3O4/c1-17(2,3)24-16(23)19-13(11-8-6-5-7-9-11)14-12(15(21)22)10-18-20(14)4/h5-10,13H,1-4H3,(H,19,23)(H,21,22). The van der Waals surface area contributed by atoms with E-state index in [2.05, 4.69) is 10.4 Å². The average Bonchev–Trinajstić information content (AvgIpc) is 2.86. The lowest BCUT2D eigenvalue weighted by molar-refractivity contribution is 0.0507. The number of aromatic nitrogens is 2. The minimum absolute atomic E-state index is 0.0300. The summed E-state index contributed by atoms with van der Waals surface area (Å²) < 4.78 is 6.74. The van der Waals surface area contributed by atoms with Crippen molar-refractivity contribution in [1.82, 2.24) is 15.1 Å². The van der Waals surface area contributed by atoms with Crippen molar-refractivity contribution in [2.24, 2.45) is 7.05 Å². The molecule has 2 aromatic rings. The van der Waals surface area contributed by atoms with Crippen LogP contribution in [0, 0.1) is 0 Å². The van der Waals surface area contributed by atoms with Crippen molar-refractivity contribution in [3.8, 4) is 0 Å². The predicted octanol–water partition coefficient (Wildman–Crippen LogP) is 2.73. The van der Waals surface area contributed by atoms with E-state index < -0.39 is 23.7 Å². The molecule has 0 radical (unpaired) electrons. The number of carbonyl (C=O) groups is 2. The zero-order valence-electron chi connectivity index (χ0n) is 14.1. The number of carbonyl (C=O) groups excluding carboxylic acids is 1. The van der Waals surface area contributed by atoms with E-state index in [0.29, 0.717) is 5.69 Å². The molecule has 0 bridgehead atoms. The van der Waals surface area contributed by atoms with Crippen LogP contribution in [0.25, 0.3) is 0 Å². The maximum absolute atomic E-state index is 12.2. The molecule has 0 fully saturated rings. The molecule has 2 N–H and O–H groups in total. The molecule has 1 atom stereocenters. The number of aryl methyl sites for hydroxylation is 1. The van der Waals surface area contributed by atoms with Gasteiger partial charge in [-0.3, -0.25) is 4.68 Å². The van der Waals surface area contributed by atoms with Crippen LogP contribution in [0.4, 0.5) is 4.79 Å². The van der Waals surface area contributed by atoms with Crippen LogP contribution in [0.5, 0.6) is 0 Å². The molecule has 1 aromatic carbocycles. The summed E-state index contributed by atoms with van der Waals surface area (Å²) in [6.07, 6.45) is 0.638. The second-order valence-electron chi connectivity index (χ2n) is 6.36. The summed E-state index contributed by atoms with van der Waals surface area (Å²) in [6.45, 7) is 5.28. The smallest absolute Gasteiger partial charge is 0.408 e. The molecule has 24 heavy (non-hydrogen) atoms. The Balaban J connectivity index is 2.44. The van der Waals surface area contributed by atoms with E-state index in [1.807, 2.05) is 18.2 Å². The normalized spacial score (nSPS) is 12.5. The highest BCUT2D eigenvalue weighted by atomic mass is 16.6. The van der Waals surface area contributed by atoms with Gasteiger partial charge >= 0.3 is 12.1 Å². The molecule has 2 rings (SSSR count).